The van der Waals surface area contributed by atoms with E-state index in [-0.39, 0.29) is 11.8 Å². The number of hydrogen-bond donors (Lipinski definition) is 1. The first-order valence-electron chi connectivity index (χ1n) is 7.54. The standard InChI is InChI=1S/C15H23N3OS/c1-18(9-13-17-5-6-20-13)15(19)12-7-10-3-2-4-11(8-12)14(10)16/h5-6,10-12,14H,2-4,7-9,16H2,1H3. The monoisotopic (exact) mass is 293 g/mol. The van der Waals surface area contributed by atoms with Crippen molar-refractivity contribution in [3.8, 4) is 0 Å². The molecule has 110 valence electrons. The summed E-state index contributed by atoms with van der Waals surface area (Å²) in [6.45, 7) is 0.633. The number of amides is 1. The fraction of sp³-hybridized carbons (Fsp3) is 0.733. The summed E-state index contributed by atoms with van der Waals surface area (Å²) in [4.78, 5) is 18.7. The van der Waals surface area contributed by atoms with Gasteiger partial charge in [-0.2, -0.15) is 0 Å². The topological polar surface area (TPSA) is 59.2 Å². The third kappa shape index (κ3) is 2.74. The quantitative estimate of drug-likeness (QED) is 0.930. The maximum atomic E-state index is 12.6. The van der Waals surface area contributed by atoms with E-state index in [1.807, 2.05) is 17.3 Å². The van der Waals surface area contributed by atoms with E-state index >= 15 is 0 Å². The summed E-state index contributed by atoms with van der Waals surface area (Å²) in [6.07, 6.45) is 7.47. The molecule has 3 rings (SSSR count). The molecule has 1 aromatic heterocycles. The molecule has 5 heteroatoms. The lowest BCUT2D eigenvalue weighted by Crippen LogP contribution is -2.49. The van der Waals surface area contributed by atoms with Crippen molar-refractivity contribution in [3.63, 3.8) is 0 Å². The van der Waals surface area contributed by atoms with Gasteiger partial charge in [0, 0.05) is 30.6 Å². The van der Waals surface area contributed by atoms with Gasteiger partial charge in [0.25, 0.3) is 0 Å². The molecule has 2 N–H and O–H groups in total. The molecule has 2 aliphatic carbocycles. The van der Waals surface area contributed by atoms with Gasteiger partial charge in [-0.25, -0.2) is 4.98 Å². The van der Waals surface area contributed by atoms with Gasteiger partial charge in [0.2, 0.25) is 5.91 Å². The zero-order valence-corrected chi connectivity index (χ0v) is 12.8. The van der Waals surface area contributed by atoms with Gasteiger partial charge < -0.3 is 10.6 Å². The van der Waals surface area contributed by atoms with E-state index in [0.29, 0.717) is 24.4 Å². The summed E-state index contributed by atoms with van der Waals surface area (Å²) in [6, 6.07) is 0.331. The Bertz CT molecular complexity index is 448. The Morgan fingerprint density at radius 1 is 1.45 bits per heavy atom. The van der Waals surface area contributed by atoms with Gasteiger partial charge in [0.15, 0.2) is 0 Å². The highest BCUT2D eigenvalue weighted by Crippen LogP contribution is 2.42. The first kappa shape index (κ1) is 14.0. The Morgan fingerprint density at radius 3 is 2.75 bits per heavy atom. The van der Waals surface area contributed by atoms with E-state index < -0.39 is 0 Å². The van der Waals surface area contributed by atoms with Crippen molar-refractivity contribution in [1.82, 2.24) is 9.88 Å². The van der Waals surface area contributed by atoms with Crippen LogP contribution in [0.5, 0.6) is 0 Å². The molecule has 2 aliphatic rings. The molecule has 2 saturated carbocycles. The summed E-state index contributed by atoms with van der Waals surface area (Å²) in [7, 11) is 1.90. The van der Waals surface area contributed by atoms with Crippen LogP contribution >= 0.6 is 11.3 Å². The molecular weight excluding hydrogens is 270 g/mol. The van der Waals surface area contributed by atoms with Crippen LogP contribution in [0.4, 0.5) is 0 Å². The molecule has 1 heterocycles. The molecule has 0 aromatic carbocycles. The van der Waals surface area contributed by atoms with Gasteiger partial charge in [-0.3, -0.25) is 4.79 Å². The number of rotatable bonds is 3. The second kappa shape index (κ2) is 5.82. The Labute approximate surface area is 124 Å². The number of hydrogen-bond acceptors (Lipinski definition) is 4. The van der Waals surface area contributed by atoms with Crippen molar-refractivity contribution < 1.29 is 4.79 Å². The number of carbonyl (C=O) groups excluding carboxylic acids is 1. The van der Waals surface area contributed by atoms with Crippen LogP contribution < -0.4 is 5.73 Å². The zero-order chi connectivity index (χ0) is 14.1. The Kier molecular flexibility index (Phi) is 4.08. The number of carbonyl (C=O) groups is 1. The van der Waals surface area contributed by atoms with Crippen LogP contribution in [0.2, 0.25) is 0 Å². The minimum absolute atomic E-state index is 0.176. The molecule has 2 atom stereocenters. The number of nitrogens with two attached hydrogens (primary N) is 1. The van der Waals surface area contributed by atoms with Gasteiger partial charge in [0.05, 0.1) is 6.54 Å². The average Bonchev–Trinajstić information content (AvgIpc) is 2.90. The Hall–Kier alpha value is -0.940. The maximum Gasteiger partial charge on any atom is 0.225 e. The number of fused-ring (bicyclic) bond motifs is 2. The van der Waals surface area contributed by atoms with Gasteiger partial charge in [-0.05, 0) is 37.5 Å². The van der Waals surface area contributed by atoms with E-state index in [9.17, 15) is 4.79 Å². The van der Waals surface area contributed by atoms with Crippen LogP contribution in [-0.4, -0.2) is 28.9 Å². The lowest BCUT2D eigenvalue weighted by Gasteiger charge is -2.44. The second-order valence-electron chi connectivity index (χ2n) is 6.32. The van der Waals surface area contributed by atoms with Gasteiger partial charge in [-0.15, -0.1) is 11.3 Å². The van der Waals surface area contributed by atoms with Crippen LogP contribution in [0, 0.1) is 17.8 Å². The summed E-state index contributed by atoms with van der Waals surface area (Å²) in [5, 5.41) is 2.96. The van der Waals surface area contributed by atoms with Gasteiger partial charge in [-0.1, -0.05) is 6.42 Å². The van der Waals surface area contributed by atoms with Gasteiger partial charge >= 0.3 is 0 Å². The second-order valence-corrected chi connectivity index (χ2v) is 7.30. The Morgan fingerprint density at radius 2 is 2.15 bits per heavy atom. The van der Waals surface area contributed by atoms with Crippen LogP contribution in [-0.2, 0) is 11.3 Å². The summed E-state index contributed by atoms with van der Waals surface area (Å²) >= 11 is 1.61. The van der Waals surface area contributed by atoms with Crippen LogP contribution in [0.15, 0.2) is 11.6 Å². The molecule has 0 aliphatic heterocycles. The molecule has 0 radical (unpaired) electrons. The molecule has 2 fully saturated rings. The van der Waals surface area contributed by atoms with Gasteiger partial charge in [0.1, 0.15) is 5.01 Å². The fourth-order valence-corrected chi connectivity index (χ4v) is 4.58. The van der Waals surface area contributed by atoms with Crippen molar-refractivity contribution in [2.24, 2.45) is 23.5 Å². The molecule has 0 spiro atoms. The largest absolute Gasteiger partial charge is 0.339 e. The normalized spacial score (nSPS) is 32.9. The molecule has 1 aromatic rings. The third-order valence-electron chi connectivity index (χ3n) is 4.99. The minimum atomic E-state index is 0.176. The third-order valence-corrected chi connectivity index (χ3v) is 5.76. The van der Waals surface area contributed by atoms with E-state index in [4.69, 9.17) is 5.73 Å². The predicted octanol–water partition coefficient (Wildman–Crippen LogP) is 2.26. The number of nitrogens with zero attached hydrogens (tertiary/aromatic N) is 2. The molecule has 2 unspecified atom stereocenters. The summed E-state index contributed by atoms with van der Waals surface area (Å²) < 4.78 is 0. The first-order valence-corrected chi connectivity index (χ1v) is 8.42. The van der Waals surface area contributed by atoms with E-state index in [1.165, 1.54) is 19.3 Å². The van der Waals surface area contributed by atoms with Crippen molar-refractivity contribution in [1.29, 1.82) is 0 Å². The smallest absolute Gasteiger partial charge is 0.225 e. The van der Waals surface area contributed by atoms with E-state index in [0.717, 1.165) is 17.8 Å². The van der Waals surface area contributed by atoms with Crippen LogP contribution in [0.1, 0.15) is 37.1 Å². The fourth-order valence-electron chi connectivity index (χ4n) is 3.91. The van der Waals surface area contributed by atoms with Crippen molar-refractivity contribution in [3.05, 3.63) is 16.6 Å². The van der Waals surface area contributed by atoms with Crippen LogP contribution in [0.3, 0.4) is 0 Å². The number of thiazole rings is 1. The molecular formula is C15H23N3OS. The Balaban J connectivity index is 1.62. The van der Waals surface area contributed by atoms with Crippen molar-refractivity contribution in [2.45, 2.75) is 44.7 Å². The number of aromatic nitrogens is 1. The maximum absolute atomic E-state index is 12.6. The lowest BCUT2D eigenvalue weighted by atomic mass is 9.65. The van der Waals surface area contributed by atoms with Crippen molar-refractivity contribution >= 4 is 17.2 Å². The van der Waals surface area contributed by atoms with Crippen molar-refractivity contribution in [2.75, 3.05) is 7.05 Å². The van der Waals surface area contributed by atoms with Crippen LogP contribution in [0.25, 0.3) is 0 Å². The highest BCUT2D eigenvalue weighted by Gasteiger charge is 2.41. The average molecular weight is 293 g/mol. The van der Waals surface area contributed by atoms with E-state index in [2.05, 4.69) is 4.98 Å². The molecule has 2 bridgehead atoms. The summed E-state index contributed by atoms with van der Waals surface area (Å²) in [5.41, 5.74) is 6.30. The molecule has 0 saturated heterocycles. The molecule has 4 nitrogen and oxygen atoms in total. The SMILES string of the molecule is CN(Cc1nccs1)C(=O)C1CC2CCCC(C1)C2N. The summed E-state index contributed by atoms with van der Waals surface area (Å²) in [5.74, 6) is 1.58. The zero-order valence-electron chi connectivity index (χ0n) is 12.0. The highest BCUT2D eigenvalue weighted by atomic mass is 32.1. The first-order chi connectivity index (χ1) is 9.65. The highest BCUT2D eigenvalue weighted by molar-refractivity contribution is 7.09. The molecule has 20 heavy (non-hydrogen) atoms. The lowest BCUT2D eigenvalue weighted by molar-refractivity contribution is -0.137. The minimum Gasteiger partial charge on any atom is -0.339 e. The predicted molar refractivity (Wildman–Crippen MR) is 80.1 cm³/mol. The van der Waals surface area contributed by atoms with E-state index in [1.54, 1.807) is 17.5 Å². The molecule has 1 amide bonds.